The van der Waals surface area contributed by atoms with Crippen LogP contribution in [-0.2, 0) is 35.3 Å². The summed E-state index contributed by atoms with van der Waals surface area (Å²) in [5.74, 6) is -3.46. The SMILES string of the molecule is CCOC(=O)CNC(=O)C(=O)[C@H](COCc1ccccc1)NC(=O)[C@H](CC1CCCCC1)NC(=O)c1ccccc1. The highest BCUT2D eigenvalue weighted by molar-refractivity contribution is 6.38. The second-order valence-corrected chi connectivity index (χ2v) is 10.0. The second-order valence-electron chi connectivity index (χ2n) is 10.0. The van der Waals surface area contributed by atoms with Crippen molar-refractivity contribution in [2.45, 2.75) is 64.1 Å². The molecule has 0 aromatic heterocycles. The lowest BCUT2D eigenvalue weighted by molar-refractivity contribution is -0.146. The Morgan fingerprint density at radius 1 is 0.854 bits per heavy atom. The van der Waals surface area contributed by atoms with E-state index in [4.69, 9.17) is 9.47 Å². The van der Waals surface area contributed by atoms with Gasteiger partial charge in [-0.1, -0.05) is 80.6 Å². The van der Waals surface area contributed by atoms with Crippen molar-refractivity contribution in [1.82, 2.24) is 16.0 Å². The van der Waals surface area contributed by atoms with Gasteiger partial charge in [-0.3, -0.25) is 24.0 Å². The van der Waals surface area contributed by atoms with Gasteiger partial charge in [0, 0.05) is 5.56 Å². The first kappa shape index (κ1) is 31.5. The Kier molecular flexibility index (Phi) is 13.0. The maximum Gasteiger partial charge on any atom is 0.325 e. The molecule has 1 fully saturated rings. The molecule has 0 heterocycles. The molecule has 1 aliphatic rings. The monoisotopic (exact) mass is 565 g/mol. The lowest BCUT2D eigenvalue weighted by Gasteiger charge is -2.28. The van der Waals surface area contributed by atoms with Crippen LogP contribution in [0, 0.1) is 5.92 Å². The normalized spacial score (nSPS) is 14.8. The van der Waals surface area contributed by atoms with Gasteiger partial charge in [0.05, 0.1) is 19.8 Å². The number of nitrogens with one attached hydrogen (secondary N) is 3. The molecule has 0 saturated heterocycles. The van der Waals surface area contributed by atoms with Crippen LogP contribution in [0.5, 0.6) is 0 Å². The number of Topliss-reactive ketones (excluding diaryl/α,β-unsaturated/α-hetero) is 1. The molecule has 0 radical (unpaired) electrons. The van der Waals surface area contributed by atoms with E-state index in [0.717, 1.165) is 37.7 Å². The fourth-order valence-electron chi connectivity index (χ4n) is 4.75. The van der Waals surface area contributed by atoms with Crippen molar-refractivity contribution in [2.75, 3.05) is 19.8 Å². The molecule has 41 heavy (non-hydrogen) atoms. The quantitative estimate of drug-likeness (QED) is 0.223. The van der Waals surface area contributed by atoms with Gasteiger partial charge in [0.15, 0.2) is 0 Å². The molecule has 10 nitrogen and oxygen atoms in total. The van der Waals surface area contributed by atoms with Gasteiger partial charge >= 0.3 is 5.97 Å². The average Bonchev–Trinajstić information content (AvgIpc) is 3.00. The fraction of sp³-hybridized carbons (Fsp3) is 0.452. The predicted octanol–water partition coefficient (Wildman–Crippen LogP) is 2.71. The summed E-state index contributed by atoms with van der Waals surface area (Å²) in [6.07, 6.45) is 5.56. The number of ether oxygens (including phenoxy) is 2. The van der Waals surface area contributed by atoms with Crippen molar-refractivity contribution < 1.29 is 33.4 Å². The Hall–Kier alpha value is -4.05. The number of carbonyl (C=O) groups excluding carboxylic acids is 5. The molecule has 3 N–H and O–H groups in total. The van der Waals surface area contributed by atoms with Gasteiger partial charge < -0.3 is 25.4 Å². The molecule has 1 saturated carbocycles. The molecule has 220 valence electrons. The van der Waals surface area contributed by atoms with E-state index in [2.05, 4.69) is 16.0 Å². The minimum atomic E-state index is -1.34. The zero-order chi connectivity index (χ0) is 29.5. The Morgan fingerprint density at radius 3 is 2.17 bits per heavy atom. The number of ketones is 1. The van der Waals surface area contributed by atoms with E-state index in [9.17, 15) is 24.0 Å². The Bertz CT molecular complexity index is 1150. The minimum absolute atomic E-state index is 0.131. The minimum Gasteiger partial charge on any atom is -0.465 e. The number of amides is 3. The molecular weight excluding hydrogens is 526 g/mol. The van der Waals surface area contributed by atoms with Crippen LogP contribution >= 0.6 is 0 Å². The van der Waals surface area contributed by atoms with Crippen molar-refractivity contribution in [3.8, 4) is 0 Å². The van der Waals surface area contributed by atoms with Crippen LogP contribution in [0.15, 0.2) is 60.7 Å². The van der Waals surface area contributed by atoms with Crippen molar-refractivity contribution >= 4 is 29.5 Å². The molecule has 2 aromatic carbocycles. The van der Waals surface area contributed by atoms with E-state index in [-0.39, 0.29) is 25.7 Å². The molecular formula is C31H39N3O7. The highest BCUT2D eigenvalue weighted by atomic mass is 16.5. The van der Waals surface area contributed by atoms with E-state index in [1.54, 1.807) is 37.3 Å². The van der Waals surface area contributed by atoms with Gasteiger partial charge in [-0.05, 0) is 37.0 Å². The number of hydrogen-bond donors (Lipinski definition) is 3. The van der Waals surface area contributed by atoms with Crippen LogP contribution in [0.25, 0.3) is 0 Å². The maximum atomic E-state index is 13.6. The van der Waals surface area contributed by atoms with E-state index < -0.39 is 48.1 Å². The third-order valence-electron chi connectivity index (χ3n) is 6.90. The number of carbonyl (C=O) groups is 5. The standard InChI is InChI=1S/C31H39N3O7/c1-2-41-27(35)19-32-31(39)28(36)26(21-40-20-23-14-8-4-9-15-23)34-30(38)25(18-22-12-6-3-7-13-22)33-29(37)24-16-10-5-11-17-24/h4-5,8-11,14-17,22,25-26H,2-3,6-7,12-13,18-21H2,1H3,(H,32,39)(H,33,37)(H,34,38)/t25-,26-/m0/s1. The summed E-state index contributed by atoms with van der Waals surface area (Å²) in [6.45, 7) is 1.14. The van der Waals surface area contributed by atoms with E-state index in [1.807, 2.05) is 30.3 Å². The third-order valence-corrected chi connectivity index (χ3v) is 6.90. The summed E-state index contributed by atoms with van der Waals surface area (Å²) in [5.41, 5.74) is 1.26. The van der Waals surface area contributed by atoms with Crippen LogP contribution in [0.3, 0.4) is 0 Å². The molecule has 3 amide bonds. The maximum absolute atomic E-state index is 13.6. The van der Waals surface area contributed by atoms with Crippen molar-refractivity contribution in [3.63, 3.8) is 0 Å². The predicted molar refractivity (Wildman–Crippen MR) is 152 cm³/mol. The topological polar surface area (TPSA) is 140 Å². The summed E-state index contributed by atoms with van der Waals surface area (Å²) < 4.78 is 10.5. The van der Waals surface area contributed by atoms with Crippen LogP contribution in [0.1, 0.15) is 61.4 Å². The summed E-state index contributed by atoms with van der Waals surface area (Å²) in [7, 11) is 0. The fourth-order valence-corrected chi connectivity index (χ4v) is 4.75. The molecule has 2 atom stereocenters. The number of benzene rings is 2. The first-order valence-electron chi connectivity index (χ1n) is 14.1. The number of rotatable bonds is 15. The molecule has 0 unspecified atom stereocenters. The molecule has 0 spiro atoms. The highest BCUT2D eigenvalue weighted by Crippen LogP contribution is 2.27. The summed E-state index contributed by atoms with van der Waals surface area (Å²) >= 11 is 0. The third kappa shape index (κ3) is 10.8. The summed E-state index contributed by atoms with van der Waals surface area (Å²) in [4.78, 5) is 63.9. The largest absolute Gasteiger partial charge is 0.465 e. The summed E-state index contributed by atoms with van der Waals surface area (Å²) in [6, 6.07) is 15.6. The molecule has 0 bridgehead atoms. The lowest BCUT2D eigenvalue weighted by atomic mass is 9.84. The van der Waals surface area contributed by atoms with Gasteiger partial charge in [0.2, 0.25) is 11.7 Å². The van der Waals surface area contributed by atoms with Crippen LogP contribution < -0.4 is 16.0 Å². The number of esters is 1. The van der Waals surface area contributed by atoms with E-state index in [1.165, 1.54) is 0 Å². The van der Waals surface area contributed by atoms with E-state index >= 15 is 0 Å². The Balaban J connectivity index is 1.73. The van der Waals surface area contributed by atoms with Gasteiger partial charge in [-0.15, -0.1) is 0 Å². The molecule has 3 rings (SSSR count). The highest BCUT2D eigenvalue weighted by Gasteiger charge is 2.32. The van der Waals surface area contributed by atoms with Crippen molar-refractivity contribution in [2.24, 2.45) is 5.92 Å². The zero-order valence-corrected chi connectivity index (χ0v) is 23.4. The van der Waals surface area contributed by atoms with Gasteiger partial charge in [-0.2, -0.15) is 0 Å². The van der Waals surface area contributed by atoms with Crippen molar-refractivity contribution in [1.29, 1.82) is 0 Å². The first-order chi connectivity index (χ1) is 19.9. The Morgan fingerprint density at radius 2 is 1.51 bits per heavy atom. The van der Waals surface area contributed by atoms with Crippen LogP contribution in [0.2, 0.25) is 0 Å². The molecule has 10 heteroatoms. The second kappa shape index (κ2) is 16.9. The molecule has 2 aromatic rings. The van der Waals surface area contributed by atoms with Gasteiger partial charge in [0.25, 0.3) is 11.8 Å². The molecule has 1 aliphatic carbocycles. The smallest absolute Gasteiger partial charge is 0.325 e. The van der Waals surface area contributed by atoms with E-state index in [0.29, 0.717) is 12.0 Å². The first-order valence-corrected chi connectivity index (χ1v) is 14.1. The van der Waals surface area contributed by atoms with Gasteiger partial charge in [0.1, 0.15) is 18.6 Å². The average molecular weight is 566 g/mol. The molecule has 0 aliphatic heterocycles. The van der Waals surface area contributed by atoms with Crippen LogP contribution in [-0.4, -0.2) is 61.3 Å². The lowest BCUT2D eigenvalue weighted by Crippen LogP contribution is -2.56. The number of hydrogen-bond acceptors (Lipinski definition) is 7. The summed E-state index contributed by atoms with van der Waals surface area (Å²) in [5, 5.41) is 7.70. The van der Waals surface area contributed by atoms with Crippen LogP contribution in [0.4, 0.5) is 0 Å². The van der Waals surface area contributed by atoms with Gasteiger partial charge in [-0.25, -0.2) is 0 Å². The Labute approximate surface area is 240 Å². The zero-order valence-electron chi connectivity index (χ0n) is 23.4. The van der Waals surface area contributed by atoms with Crippen molar-refractivity contribution in [3.05, 3.63) is 71.8 Å².